The van der Waals surface area contributed by atoms with Crippen molar-refractivity contribution >= 4 is 12.2 Å². The van der Waals surface area contributed by atoms with Gasteiger partial charge in [-0.15, -0.1) is 0 Å². The number of nitrogens with one attached hydrogen (secondary N) is 2. The van der Waals surface area contributed by atoms with Gasteiger partial charge in [-0.2, -0.15) is 0 Å². The molecule has 1 rings (SSSR count). The largest absolute Gasteiger partial charge is 0.447 e. The molecule has 2 N–H and O–H groups in total. The highest BCUT2D eigenvalue weighted by Crippen LogP contribution is 2.08. The fourth-order valence-corrected chi connectivity index (χ4v) is 1.60. The lowest BCUT2D eigenvalue weighted by Crippen LogP contribution is -2.33. The van der Waals surface area contributed by atoms with Crippen molar-refractivity contribution in [1.29, 1.82) is 0 Å². The first kappa shape index (κ1) is 14.6. The molecule has 6 nitrogen and oxygen atoms in total. The minimum absolute atomic E-state index is 0.110. The Morgan fingerprint density at radius 3 is 2.78 bits per heavy atom. The van der Waals surface area contributed by atoms with E-state index in [-0.39, 0.29) is 18.2 Å². The average molecular weight is 258 g/mol. The van der Waals surface area contributed by atoms with Crippen molar-refractivity contribution in [2.75, 3.05) is 13.2 Å². The lowest BCUT2D eigenvalue weighted by atomic mass is 10.1. The van der Waals surface area contributed by atoms with Gasteiger partial charge in [-0.25, -0.2) is 9.59 Å². The number of hydrogen-bond donors (Lipinski definition) is 2. The fourth-order valence-electron chi connectivity index (χ4n) is 1.60. The van der Waals surface area contributed by atoms with Crippen molar-refractivity contribution in [1.82, 2.24) is 10.6 Å². The van der Waals surface area contributed by atoms with Crippen LogP contribution in [0.3, 0.4) is 0 Å². The van der Waals surface area contributed by atoms with Crippen molar-refractivity contribution in [3.05, 3.63) is 0 Å². The second kappa shape index (κ2) is 6.47. The van der Waals surface area contributed by atoms with E-state index in [0.717, 1.165) is 19.3 Å². The molecule has 1 heterocycles. The molecule has 18 heavy (non-hydrogen) atoms. The second-order valence-electron chi connectivity index (χ2n) is 5.36. The summed E-state index contributed by atoms with van der Waals surface area (Å²) in [6.07, 6.45) is 1.91. The van der Waals surface area contributed by atoms with Gasteiger partial charge >= 0.3 is 12.2 Å². The van der Waals surface area contributed by atoms with Crippen molar-refractivity contribution in [3.63, 3.8) is 0 Å². The maximum absolute atomic E-state index is 11.3. The van der Waals surface area contributed by atoms with Gasteiger partial charge in [0.15, 0.2) is 0 Å². The van der Waals surface area contributed by atoms with Gasteiger partial charge in [0, 0.05) is 6.54 Å². The maximum atomic E-state index is 11.3. The number of rotatable bonds is 5. The summed E-state index contributed by atoms with van der Waals surface area (Å²) < 4.78 is 9.88. The molecule has 6 heteroatoms. The molecule has 1 atom stereocenters. The number of hydrogen-bond acceptors (Lipinski definition) is 4. The summed E-state index contributed by atoms with van der Waals surface area (Å²) in [5.41, 5.74) is -0.463. The van der Waals surface area contributed by atoms with Crippen LogP contribution in [0.4, 0.5) is 9.59 Å². The third kappa shape index (κ3) is 6.32. The van der Waals surface area contributed by atoms with Gasteiger partial charge in [-0.05, 0) is 40.0 Å². The van der Waals surface area contributed by atoms with E-state index in [1.165, 1.54) is 0 Å². The van der Waals surface area contributed by atoms with Crippen LogP contribution in [0.5, 0.6) is 0 Å². The maximum Gasteiger partial charge on any atom is 0.407 e. The van der Waals surface area contributed by atoms with E-state index >= 15 is 0 Å². The number of ether oxygens (including phenoxy) is 2. The first-order valence-corrected chi connectivity index (χ1v) is 6.27. The smallest absolute Gasteiger partial charge is 0.407 e. The van der Waals surface area contributed by atoms with Crippen LogP contribution >= 0.6 is 0 Å². The van der Waals surface area contributed by atoms with Gasteiger partial charge < -0.3 is 20.1 Å². The molecule has 0 aromatic heterocycles. The second-order valence-corrected chi connectivity index (χ2v) is 5.36. The topological polar surface area (TPSA) is 76.7 Å². The Labute approximate surface area is 107 Å². The summed E-state index contributed by atoms with van der Waals surface area (Å²) >= 11 is 0. The van der Waals surface area contributed by atoms with Gasteiger partial charge in [-0.3, -0.25) is 0 Å². The van der Waals surface area contributed by atoms with Crippen LogP contribution in [0.1, 0.15) is 40.0 Å². The minimum atomic E-state index is -0.463. The molecule has 104 valence electrons. The number of carbonyl (C=O) groups excluding carboxylic acids is 2. The first-order valence-electron chi connectivity index (χ1n) is 6.27. The lowest BCUT2D eigenvalue weighted by molar-refractivity contribution is 0.0527. The monoisotopic (exact) mass is 258 g/mol. The Balaban J connectivity index is 1.98. The summed E-state index contributed by atoms with van der Waals surface area (Å²) in [5, 5.41) is 5.41. The Morgan fingerprint density at radius 1 is 1.50 bits per heavy atom. The zero-order chi connectivity index (χ0) is 13.6. The number of cyclic esters (lactones) is 1. The van der Waals surface area contributed by atoms with Crippen LogP contribution in [0.15, 0.2) is 0 Å². The zero-order valence-electron chi connectivity index (χ0n) is 11.2. The Morgan fingerprint density at radius 2 is 2.22 bits per heavy atom. The number of carbonyl (C=O) groups is 2. The molecule has 0 spiro atoms. The summed E-state index contributed by atoms with van der Waals surface area (Å²) in [6, 6.07) is 0.110. The van der Waals surface area contributed by atoms with Gasteiger partial charge in [0.25, 0.3) is 0 Å². The number of unbranched alkanes of at least 4 members (excludes halogenated alkanes) is 1. The number of alkyl carbamates (subject to hydrolysis) is 2. The highest BCUT2D eigenvalue weighted by Gasteiger charge is 2.21. The van der Waals surface area contributed by atoms with E-state index in [1.807, 2.05) is 20.8 Å². The molecule has 1 aliphatic heterocycles. The molecule has 0 radical (unpaired) electrons. The Kier molecular flexibility index (Phi) is 5.25. The van der Waals surface area contributed by atoms with Crippen molar-refractivity contribution in [3.8, 4) is 0 Å². The first-order chi connectivity index (χ1) is 8.37. The van der Waals surface area contributed by atoms with Crippen LogP contribution in [-0.4, -0.2) is 37.0 Å². The Bertz CT molecular complexity index is 299. The van der Waals surface area contributed by atoms with Crippen molar-refractivity contribution < 1.29 is 19.1 Å². The van der Waals surface area contributed by atoms with Crippen LogP contribution in [0.2, 0.25) is 0 Å². The van der Waals surface area contributed by atoms with Crippen LogP contribution in [0.25, 0.3) is 0 Å². The highest BCUT2D eigenvalue weighted by molar-refractivity contribution is 5.69. The third-order valence-electron chi connectivity index (χ3n) is 2.39. The average Bonchev–Trinajstić information content (AvgIpc) is 2.61. The summed E-state index contributed by atoms with van der Waals surface area (Å²) in [4.78, 5) is 22.1. The predicted octanol–water partition coefficient (Wildman–Crippen LogP) is 1.79. The van der Waals surface area contributed by atoms with Crippen molar-refractivity contribution in [2.24, 2.45) is 0 Å². The molecule has 1 fully saturated rings. The van der Waals surface area contributed by atoms with Crippen molar-refractivity contribution in [2.45, 2.75) is 51.7 Å². The van der Waals surface area contributed by atoms with E-state index in [9.17, 15) is 9.59 Å². The predicted molar refractivity (Wildman–Crippen MR) is 66.4 cm³/mol. The van der Waals surface area contributed by atoms with Gasteiger partial charge in [0.05, 0.1) is 6.04 Å². The van der Waals surface area contributed by atoms with Gasteiger partial charge in [0.1, 0.15) is 12.2 Å². The summed E-state index contributed by atoms with van der Waals surface area (Å²) in [5.74, 6) is 0. The molecule has 0 aromatic rings. The summed E-state index contributed by atoms with van der Waals surface area (Å²) in [6.45, 7) is 6.51. The van der Waals surface area contributed by atoms with Gasteiger partial charge in [-0.1, -0.05) is 0 Å². The normalized spacial score (nSPS) is 19.1. The molecule has 0 saturated carbocycles. The van der Waals surface area contributed by atoms with E-state index in [1.54, 1.807) is 0 Å². The molecular formula is C12H22N2O4. The molecule has 1 saturated heterocycles. The van der Waals surface area contributed by atoms with E-state index < -0.39 is 5.60 Å². The molecular weight excluding hydrogens is 236 g/mol. The standard InChI is InChI=1S/C12H22N2O4/c1-12(2,3)18-10(15)13-7-5-4-6-9-8-17-11(16)14-9/h9H,4-8H2,1-3H3,(H,13,15)(H,14,16)/t9-/m0/s1. The van der Waals surface area contributed by atoms with E-state index in [0.29, 0.717) is 13.2 Å². The molecule has 2 amide bonds. The summed E-state index contributed by atoms with van der Waals surface area (Å²) in [7, 11) is 0. The molecule has 0 aromatic carbocycles. The molecule has 0 unspecified atom stereocenters. The quantitative estimate of drug-likeness (QED) is 0.737. The molecule has 0 aliphatic carbocycles. The van der Waals surface area contributed by atoms with Crippen LogP contribution in [-0.2, 0) is 9.47 Å². The fraction of sp³-hybridized carbons (Fsp3) is 0.833. The lowest BCUT2D eigenvalue weighted by Gasteiger charge is -2.19. The van der Waals surface area contributed by atoms with Crippen LogP contribution < -0.4 is 10.6 Å². The molecule has 0 bridgehead atoms. The minimum Gasteiger partial charge on any atom is -0.447 e. The zero-order valence-corrected chi connectivity index (χ0v) is 11.2. The van der Waals surface area contributed by atoms with E-state index in [2.05, 4.69) is 10.6 Å². The number of amides is 2. The van der Waals surface area contributed by atoms with Gasteiger partial charge in [0.2, 0.25) is 0 Å². The SMILES string of the molecule is CC(C)(C)OC(=O)NCCCC[C@H]1COC(=O)N1. The Hall–Kier alpha value is -1.46. The third-order valence-corrected chi connectivity index (χ3v) is 2.39. The van der Waals surface area contributed by atoms with Crippen LogP contribution in [0, 0.1) is 0 Å². The highest BCUT2D eigenvalue weighted by atomic mass is 16.6. The van der Waals surface area contributed by atoms with E-state index in [4.69, 9.17) is 9.47 Å². The molecule has 1 aliphatic rings.